The fraction of sp³-hybridized carbons (Fsp3) is 0.636. The lowest BCUT2D eigenvalue weighted by Crippen LogP contribution is -2.21. The zero-order chi connectivity index (χ0) is 9.47. The molecule has 0 bridgehead atoms. The van der Waals surface area contributed by atoms with Crippen LogP contribution >= 0.6 is 23.1 Å². The zero-order valence-electron chi connectivity index (χ0n) is 8.52. The second kappa shape index (κ2) is 3.32. The molecular weight excluding hydrogens is 196 g/mol. The first-order valence-corrected chi connectivity index (χ1v) is 6.86. The number of hydrogen-bond donors (Lipinski definition) is 0. The molecule has 0 unspecified atom stereocenters. The molecule has 2 rings (SSSR count). The van der Waals surface area contributed by atoms with Crippen LogP contribution in [0.2, 0.25) is 0 Å². The Kier molecular flexibility index (Phi) is 2.45. The van der Waals surface area contributed by atoms with Crippen LogP contribution in [0.25, 0.3) is 0 Å². The maximum absolute atomic E-state index is 2.39. The van der Waals surface area contributed by atoms with Gasteiger partial charge in [0, 0.05) is 0 Å². The molecule has 0 radical (unpaired) electrons. The van der Waals surface area contributed by atoms with Crippen LogP contribution in [0.15, 0.2) is 9.59 Å². The largest absolute Gasteiger partial charge is 0.137 e. The fourth-order valence-corrected chi connectivity index (χ4v) is 3.84. The zero-order valence-corrected chi connectivity index (χ0v) is 10.1. The van der Waals surface area contributed by atoms with Crippen molar-refractivity contribution in [2.45, 2.75) is 37.3 Å². The molecule has 1 aliphatic rings. The first-order chi connectivity index (χ1) is 6.12. The fourth-order valence-electron chi connectivity index (χ4n) is 2.00. The van der Waals surface area contributed by atoms with Crippen molar-refractivity contribution in [3.8, 4) is 0 Å². The molecule has 1 heterocycles. The molecule has 0 aromatic carbocycles. The van der Waals surface area contributed by atoms with Gasteiger partial charge in [0.15, 0.2) is 0 Å². The predicted octanol–water partition coefficient (Wildman–Crippen LogP) is 3.98. The highest BCUT2D eigenvalue weighted by Gasteiger charge is 2.27. The van der Waals surface area contributed by atoms with Gasteiger partial charge in [0.1, 0.15) is 0 Å². The second-order valence-electron chi connectivity index (χ2n) is 4.57. The van der Waals surface area contributed by atoms with Crippen molar-refractivity contribution in [1.82, 2.24) is 0 Å². The van der Waals surface area contributed by atoms with E-state index in [1.807, 2.05) is 23.1 Å². The van der Waals surface area contributed by atoms with Gasteiger partial charge < -0.3 is 0 Å². The minimum absolute atomic E-state index is 0.526. The van der Waals surface area contributed by atoms with Gasteiger partial charge in [-0.2, -0.15) is 0 Å². The van der Waals surface area contributed by atoms with Gasteiger partial charge in [-0.15, -0.1) is 23.1 Å². The quantitative estimate of drug-likeness (QED) is 0.634. The average Bonchev–Trinajstić information content (AvgIpc) is 2.44. The highest BCUT2D eigenvalue weighted by atomic mass is 32.2. The normalized spacial score (nSPS) is 19.9. The third kappa shape index (κ3) is 1.79. The summed E-state index contributed by atoms with van der Waals surface area (Å²) in [7, 11) is 0. The van der Waals surface area contributed by atoms with Crippen molar-refractivity contribution in [3.05, 3.63) is 16.5 Å². The number of rotatable bonds is 1. The molecule has 72 valence electrons. The van der Waals surface area contributed by atoms with Gasteiger partial charge in [-0.1, -0.05) is 13.8 Å². The molecule has 0 spiro atoms. The van der Waals surface area contributed by atoms with E-state index < -0.39 is 0 Å². The molecule has 1 aromatic heterocycles. The highest BCUT2D eigenvalue weighted by molar-refractivity contribution is 8.00. The molecule has 0 saturated heterocycles. The first kappa shape index (κ1) is 9.60. The molecule has 0 fully saturated rings. The van der Waals surface area contributed by atoms with Crippen LogP contribution < -0.4 is 0 Å². The van der Waals surface area contributed by atoms with Crippen LogP contribution in [0, 0.1) is 5.41 Å². The smallest absolute Gasteiger partial charge is 0.0630 e. The number of thiophene rings is 1. The molecule has 2 heteroatoms. The van der Waals surface area contributed by atoms with Gasteiger partial charge in [0.05, 0.1) is 4.21 Å². The predicted molar refractivity (Wildman–Crippen MR) is 61.9 cm³/mol. The lowest BCUT2D eigenvalue weighted by Gasteiger charge is -2.30. The number of aryl methyl sites for hydroxylation is 1. The maximum atomic E-state index is 2.39. The molecule has 1 aliphatic carbocycles. The van der Waals surface area contributed by atoms with E-state index in [4.69, 9.17) is 0 Å². The molecule has 0 N–H and O–H groups in total. The maximum Gasteiger partial charge on any atom is 0.0630 e. The minimum Gasteiger partial charge on any atom is -0.137 e. The summed E-state index contributed by atoms with van der Waals surface area (Å²) in [5.41, 5.74) is 3.79. The summed E-state index contributed by atoms with van der Waals surface area (Å²) in [4.78, 5) is 0. The third-order valence-corrected chi connectivity index (χ3v) is 5.12. The summed E-state index contributed by atoms with van der Waals surface area (Å²) in [6.45, 7) is 4.77. The Bertz CT molecular complexity index is 296. The van der Waals surface area contributed by atoms with Gasteiger partial charge in [0.2, 0.25) is 0 Å². The Balaban J connectivity index is 2.36. The van der Waals surface area contributed by atoms with E-state index in [1.165, 1.54) is 19.3 Å². The van der Waals surface area contributed by atoms with Crippen molar-refractivity contribution in [3.63, 3.8) is 0 Å². The molecule has 1 aromatic rings. The van der Waals surface area contributed by atoms with Gasteiger partial charge >= 0.3 is 0 Å². The van der Waals surface area contributed by atoms with E-state index >= 15 is 0 Å². The summed E-state index contributed by atoms with van der Waals surface area (Å²) in [5.74, 6) is 0. The van der Waals surface area contributed by atoms with E-state index in [1.54, 1.807) is 15.3 Å². The van der Waals surface area contributed by atoms with E-state index in [2.05, 4.69) is 25.5 Å². The Morgan fingerprint density at radius 3 is 2.92 bits per heavy atom. The topological polar surface area (TPSA) is 0 Å². The Hall–Kier alpha value is 0.0500. The lowest BCUT2D eigenvalue weighted by atomic mass is 9.76. The molecular formula is C11H16S2. The summed E-state index contributed by atoms with van der Waals surface area (Å²) in [6.07, 6.45) is 6.11. The Labute approximate surface area is 88.7 Å². The number of thioether (sulfide) groups is 1. The minimum atomic E-state index is 0.526. The van der Waals surface area contributed by atoms with Crippen molar-refractivity contribution in [1.29, 1.82) is 0 Å². The van der Waals surface area contributed by atoms with Gasteiger partial charge in [-0.25, -0.2) is 0 Å². The van der Waals surface area contributed by atoms with Crippen LogP contribution in [0.4, 0.5) is 0 Å². The SMILES string of the molecule is CSc1scc2c1CC(C)(C)CC2. The van der Waals surface area contributed by atoms with Gasteiger partial charge in [0.25, 0.3) is 0 Å². The van der Waals surface area contributed by atoms with E-state index in [9.17, 15) is 0 Å². The monoisotopic (exact) mass is 212 g/mol. The van der Waals surface area contributed by atoms with Crippen molar-refractivity contribution in [2.24, 2.45) is 5.41 Å². The Morgan fingerprint density at radius 1 is 1.46 bits per heavy atom. The van der Waals surface area contributed by atoms with Crippen molar-refractivity contribution < 1.29 is 0 Å². The van der Waals surface area contributed by atoms with E-state index in [0.29, 0.717) is 5.41 Å². The van der Waals surface area contributed by atoms with Crippen molar-refractivity contribution >= 4 is 23.1 Å². The number of fused-ring (bicyclic) bond motifs is 1. The molecule has 0 saturated carbocycles. The third-order valence-electron chi connectivity index (χ3n) is 2.85. The van der Waals surface area contributed by atoms with Crippen LogP contribution in [0.5, 0.6) is 0 Å². The molecule has 13 heavy (non-hydrogen) atoms. The first-order valence-electron chi connectivity index (χ1n) is 4.76. The van der Waals surface area contributed by atoms with Crippen molar-refractivity contribution in [2.75, 3.05) is 6.26 Å². The molecule has 0 atom stereocenters. The van der Waals surface area contributed by atoms with Gasteiger partial charge in [-0.05, 0) is 47.4 Å². The average molecular weight is 212 g/mol. The van der Waals surface area contributed by atoms with Crippen LogP contribution in [-0.4, -0.2) is 6.26 Å². The van der Waals surface area contributed by atoms with Crippen LogP contribution in [0.1, 0.15) is 31.4 Å². The molecule has 0 amide bonds. The summed E-state index contributed by atoms with van der Waals surface area (Å²) < 4.78 is 1.54. The highest BCUT2D eigenvalue weighted by Crippen LogP contribution is 2.41. The lowest BCUT2D eigenvalue weighted by molar-refractivity contribution is 0.314. The van der Waals surface area contributed by atoms with Crippen LogP contribution in [-0.2, 0) is 12.8 Å². The second-order valence-corrected chi connectivity index (χ2v) is 6.53. The molecule has 0 aliphatic heterocycles. The standard InChI is InChI=1S/C11H16S2/c1-11(2)5-4-8-7-13-10(12-3)9(8)6-11/h7H,4-6H2,1-3H3. The van der Waals surface area contributed by atoms with Gasteiger partial charge in [-0.3, -0.25) is 0 Å². The molecule has 0 nitrogen and oxygen atoms in total. The van der Waals surface area contributed by atoms with E-state index in [-0.39, 0.29) is 0 Å². The Morgan fingerprint density at radius 2 is 2.23 bits per heavy atom. The summed E-state index contributed by atoms with van der Waals surface area (Å²) in [6, 6.07) is 0. The summed E-state index contributed by atoms with van der Waals surface area (Å²) >= 11 is 3.84. The number of hydrogen-bond acceptors (Lipinski definition) is 2. The summed E-state index contributed by atoms with van der Waals surface area (Å²) in [5, 5.41) is 2.36. The van der Waals surface area contributed by atoms with Crippen LogP contribution in [0.3, 0.4) is 0 Å². The van der Waals surface area contributed by atoms with E-state index in [0.717, 1.165) is 0 Å².